The number of nitrogens with zero attached hydrogens (tertiary/aromatic N) is 3. The van der Waals surface area contributed by atoms with Gasteiger partial charge in [0.1, 0.15) is 5.82 Å². The van der Waals surface area contributed by atoms with Crippen LogP contribution in [0.25, 0.3) is 11.4 Å². The number of primary amides is 1. The third-order valence-corrected chi connectivity index (χ3v) is 3.57. The van der Waals surface area contributed by atoms with Crippen molar-refractivity contribution in [1.82, 2.24) is 20.1 Å². The summed E-state index contributed by atoms with van der Waals surface area (Å²) in [6.45, 7) is 1.14. The van der Waals surface area contributed by atoms with E-state index in [0.717, 1.165) is 30.8 Å². The zero-order chi connectivity index (χ0) is 13.9. The number of carbonyl (C=O) groups is 1. The van der Waals surface area contributed by atoms with E-state index in [1.54, 1.807) is 0 Å². The smallest absolute Gasteiger partial charge is 0.231 e. The Hall–Kier alpha value is -2.21. The number of nitrogens with two attached hydrogens (primary N) is 1. The molecule has 2 aromatic rings. The zero-order valence-corrected chi connectivity index (χ0v) is 11.1. The summed E-state index contributed by atoms with van der Waals surface area (Å²) in [6, 6.07) is 9.93. The molecule has 2 heterocycles. The van der Waals surface area contributed by atoms with Crippen molar-refractivity contribution in [3.8, 4) is 11.4 Å². The molecule has 0 bridgehead atoms. The van der Waals surface area contributed by atoms with Crippen molar-refractivity contribution in [2.75, 3.05) is 13.1 Å². The molecule has 1 aromatic heterocycles. The van der Waals surface area contributed by atoms with Crippen molar-refractivity contribution in [2.24, 2.45) is 5.73 Å². The number of aromatic nitrogens is 3. The number of amides is 1. The minimum absolute atomic E-state index is 0.104. The van der Waals surface area contributed by atoms with E-state index >= 15 is 0 Å². The minimum Gasteiger partial charge on any atom is -0.369 e. The molecule has 6 heteroatoms. The van der Waals surface area contributed by atoms with Gasteiger partial charge in [0.05, 0.1) is 12.6 Å². The molecule has 20 heavy (non-hydrogen) atoms. The van der Waals surface area contributed by atoms with Gasteiger partial charge in [-0.05, 0) is 19.4 Å². The van der Waals surface area contributed by atoms with Gasteiger partial charge in [0, 0.05) is 5.56 Å². The molecule has 104 valence electrons. The Morgan fingerprint density at radius 3 is 2.95 bits per heavy atom. The summed E-state index contributed by atoms with van der Waals surface area (Å²) in [5.74, 6) is 1.19. The van der Waals surface area contributed by atoms with E-state index in [0.29, 0.717) is 5.82 Å². The van der Waals surface area contributed by atoms with Crippen molar-refractivity contribution in [1.29, 1.82) is 0 Å². The van der Waals surface area contributed by atoms with Crippen LogP contribution in [0, 0.1) is 0 Å². The molecule has 6 nitrogen and oxygen atoms in total. The molecule has 1 aromatic carbocycles. The van der Waals surface area contributed by atoms with Gasteiger partial charge >= 0.3 is 0 Å². The van der Waals surface area contributed by atoms with Crippen LogP contribution in [0.3, 0.4) is 0 Å². The Bertz CT molecular complexity index is 595. The quantitative estimate of drug-likeness (QED) is 0.871. The van der Waals surface area contributed by atoms with Gasteiger partial charge in [0.15, 0.2) is 5.82 Å². The Balaban J connectivity index is 1.81. The molecule has 0 aliphatic carbocycles. The van der Waals surface area contributed by atoms with E-state index in [-0.39, 0.29) is 18.5 Å². The molecule has 1 amide bonds. The van der Waals surface area contributed by atoms with Crippen molar-refractivity contribution in [3.63, 3.8) is 0 Å². The van der Waals surface area contributed by atoms with Gasteiger partial charge in [-0.15, -0.1) is 0 Å². The van der Waals surface area contributed by atoms with Gasteiger partial charge in [-0.3, -0.25) is 14.8 Å². The van der Waals surface area contributed by atoms with Gasteiger partial charge in [-0.2, -0.15) is 5.10 Å². The molecule has 1 unspecified atom stereocenters. The number of carbonyl (C=O) groups excluding carboxylic acids is 1. The first-order valence-electron chi connectivity index (χ1n) is 6.74. The van der Waals surface area contributed by atoms with Crippen LogP contribution in [0.5, 0.6) is 0 Å². The van der Waals surface area contributed by atoms with Gasteiger partial charge in [0.25, 0.3) is 0 Å². The summed E-state index contributed by atoms with van der Waals surface area (Å²) in [5, 5.41) is 7.26. The highest BCUT2D eigenvalue weighted by molar-refractivity contribution is 5.76. The van der Waals surface area contributed by atoms with Gasteiger partial charge in [-0.25, -0.2) is 4.98 Å². The molecule has 0 spiro atoms. The monoisotopic (exact) mass is 271 g/mol. The van der Waals surface area contributed by atoms with E-state index in [1.807, 2.05) is 30.3 Å². The molecular formula is C14H17N5O. The van der Waals surface area contributed by atoms with Crippen molar-refractivity contribution in [3.05, 3.63) is 36.2 Å². The summed E-state index contributed by atoms with van der Waals surface area (Å²) in [4.78, 5) is 17.7. The highest BCUT2D eigenvalue weighted by Crippen LogP contribution is 2.30. The number of H-pyrrole nitrogens is 1. The van der Waals surface area contributed by atoms with Crippen LogP contribution in [0.2, 0.25) is 0 Å². The normalized spacial score (nSPS) is 19.3. The van der Waals surface area contributed by atoms with Crippen molar-refractivity contribution < 1.29 is 4.79 Å². The molecule has 1 aliphatic heterocycles. The SMILES string of the molecule is NC(=O)CN1CCCC1c1nc(-c2ccccc2)n[nH]1. The summed E-state index contributed by atoms with van der Waals surface area (Å²) >= 11 is 0. The Labute approximate surface area is 117 Å². The molecular weight excluding hydrogens is 254 g/mol. The van der Waals surface area contributed by atoms with Gasteiger partial charge in [0.2, 0.25) is 5.91 Å². The number of benzene rings is 1. The largest absolute Gasteiger partial charge is 0.369 e. The standard InChI is InChI=1S/C14H17N5O/c15-12(20)9-19-8-4-7-11(19)14-16-13(17-18-14)10-5-2-1-3-6-10/h1-3,5-6,11H,4,7-9H2,(H2,15,20)(H,16,17,18). The molecule has 3 N–H and O–H groups in total. The van der Waals surface area contributed by atoms with Crippen LogP contribution >= 0.6 is 0 Å². The summed E-state index contributed by atoms with van der Waals surface area (Å²) in [5.41, 5.74) is 6.26. The maximum Gasteiger partial charge on any atom is 0.231 e. The highest BCUT2D eigenvalue weighted by atomic mass is 16.1. The minimum atomic E-state index is -0.306. The lowest BCUT2D eigenvalue weighted by Gasteiger charge is -2.20. The van der Waals surface area contributed by atoms with E-state index in [1.165, 1.54) is 0 Å². The maximum absolute atomic E-state index is 11.1. The maximum atomic E-state index is 11.1. The number of likely N-dealkylation sites (tertiary alicyclic amines) is 1. The third kappa shape index (κ3) is 2.55. The average Bonchev–Trinajstić information content (AvgIpc) is 3.07. The fraction of sp³-hybridized carbons (Fsp3) is 0.357. The second-order valence-electron chi connectivity index (χ2n) is 5.01. The summed E-state index contributed by atoms with van der Waals surface area (Å²) in [7, 11) is 0. The Morgan fingerprint density at radius 1 is 1.40 bits per heavy atom. The van der Waals surface area contributed by atoms with E-state index in [4.69, 9.17) is 5.73 Å². The predicted octanol–water partition coefficient (Wildman–Crippen LogP) is 1.09. The van der Waals surface area contributed by atoms with Crippen LogP contribution in [0.4, 0.5) is 0 Å². The molecule has 1 saturated heterocycles. The first-order chi connectivity index (χ1) is 9.74. The molecule has 1 atom stereocenters. The first-order valence-corrected chi connectivity index (χ1v) is 6.74. The predicted molar refractivity (Wildman–Crippen MR) is 74.6 cm³/mol. The van der Waals surface area contributed by atoms with E-state index < -0.39 is 0 Å². The molecule has 1 aliphatic rings. The van der Waals surface area contributed by atoms with Crippen molar-refractivity contribution in [2.45, 2.75) is 18.9 Å². The number of nitrogens with one attached hydrogen (secondary N) is 1. The fourth-order valence-electron chi connectivity index (χ4n) is 2.66. The zero-order valence-electron chi connectivity index (χ0n) is 11.1. The molecule has 1 fully saturated rings. The lowest BCUT2D eigenvalue weighted by atomic mass is 10.2. The lowest BCUT2D eigenvalue weighted by Crippen LogP contribution is -2.33. The number of rotatable bonds is 4. The van der Waals surface area contributed by atoms with Crippen molar-refractivity contribution >= 4 is 5.91 Å². The first kappa shape index (κ1) is 12.8. The van der Waals surface area contributed by atoms with Crippen LogP contribution in [-0.4, -0.2) is 39.1 Å². The number of aromatic amines is 1. The summed E-state index contributed by atoms with van der Waals surface area (Å²) in [6.07, 6.45) is 2.01. The van der Waals surface area contributed by atoms with Gasteiger partial charge in [-0.1, -0.05) is 30.3 Å². The highest BCUT2D eigenvalue weighted by Gasteiger charge is 2.29. The Morgan fingerprint density at radius 2 is 2.20 bits per heavy atom. The van der Waals surface area contributed by atoms with E-state index in [2.05, 4.69) is 20.1 Å². The Kier molecular flexibility index (Phi) is 3.47. The van der Waals surface area contributed by atoms with Crippen LogP contribution in [0.1, 0.15) is 24.7 Å². The number of hydrogen-bond acceptors (Lipinski definition) is 4. The van der Waals surface area contributed by atoms with Gasteiger partial charge < -0.3 is 5.73 Å². The average molecular weight is 271 g/mol. The molecule has 3 rings (SSSR count). The molecule has 0 saturated carbocycles. The summed E-state index contributed by atoms with van der Waals surface area (Å²) < 4.78 is 0. The van der Waals surface area contributed by atoms with E-state index in [9.17, 15) is 4.79 Å². The van der Waals surface area contributed by atoms with Crippen LogP contribution in [0.15, 0.2) is 30.3 Å². The molecule has 0 radical (unpaired) electrons. The topological polar surface area (TPSA) is 87.9 Å². The fourth-order valence-corrected chi connectivity index (χ4v) is 2.66. The second-order valence-corrected chi connectivity index (χ2v) is 5.01. The van der Waals surface area contributed by atoms with Crippen LogP contribution in [-0.2, 0) is 4.79 Å². The number of hydrogen-bond donors (Lipinski definition) is 2. The third-order valence-electron chi connectivity index (χ3n) is 3.57. The second kappa shape index (κ2) is 5.42. The van der Waals surface area contributed by atoms with Crippen LogP contribution < -0.4 is 5.73 Å². The lowest BCUT2D eigenvalue weighted by molar-refractivity contribution is -0.119.